The Bertz CT molecular complexity index is 1220. The number of carbonyl (C=O) groups is 2. The number of fused-ring (bicyclic) bond motifs is 3. The number of likely N-dealkylation sites (tertiary alicyclic amines) is 1. The zero-order valence-electron chi connectivity index (χ0n) is 21.4. The molecule has 2 N–H and O–H groups in total. The number of rotatable bonds is 8. The Labute approximate surface area is 222 Å². The van der Waals surface area contributed by atoms with E-state index in [2.05, 4.69) is 19.9 Å². The Morgan fingerprint density at radius 3 is 2.73 bits per heavy atom. The highest BCUT2D eigenvalue weighted by atomic mass is 32.1. The quantitative estimate of drug-likeness (QED) is 0.276. The van der Waals surface area contributed by atoms with Crippen molar-refractivity contribution >= 4 is 36.3 Å². The van der Waals surface area contributed by atoms with Crippen LogP contribution >= 0.6 is 11.3 Å². The van der Waals surface area contributed by atoms with Gasteiger partial charge in [-0.05, 0) is 79.1 Å². The number of allylic oxidation sites excluding steroid dienone is 2. The van der Waals surface area contributed by atoms with Gasteiger partial charge in [-0.1, -0.05) is 49.3 Å². The molecule has 8 heteroatoms. The van der Waals surface area contributed by atoms with Gasteiger partial charge in [-0.25, -0.2) is 0 Å². The average molecular weight is 519 g/mol. The van der Waals surface area contributed by atoms with Crippen molar-refractivity contribution in [1.29, 1.82) is 0 Å². The summed E-state index contributed by atoms with van der Waals surface area (Å²) < 4.78 is 6.10. The van der Waals surface area contributed by atoms with Crippen LogP contribution in [0.25, 0.3) is 6.08 Å². The monoisotopic (exact) mass is 519 g/mol. The number of hydrogen-bond acceptors (Lipinski definition) is 6. The first-order valence-corrected chi connectivity index (χ1v) is 14.2. The lowest BCUT2D eigenvalue weighted by Gasteiger charge is -2.43. The fourth-order valence-electron chi connectivity index (χ4n) is 6.40. The van der Waals surface area contributed by atoms with Crippen molar-refractivity contribution in [1.82, 2.24) is 4.90 Å². The molecule has 37 heavy (non-hydrogen) atoms. The van der Waals surface area contributed by atoms with Crippen molar-refractivity contribution < 1.29 is 24.4 Å². The molecule has 3 aliphatic rings. The summed E-state index contributed by atoms with van der Waals surface area (Å²) in [7, 11) is -0.954. The minimum absolute atomic E-state index is 0.0757. The van der Waals surface area contributed by atoms with Crippen LogP contribution in [0.4, 0.5) is 0 Å². The van der Waals surface area contributed by atoms with Crippen LogP contribution in [0.15, 0.2) is 58.5 Å². The van der Waals surface area contributed by atoms with Gasteiger partial charge in [0.05, 0.1) is 24.5 Å². The van der Waals surface area contributed by atoms with Crippen molar-refractivity contribution in [3.8, 4) is 5.75 Å². The molecule has 0 radical (unpaired) electrons. The molecule has 1 aromatic carbocycles. The Hall–Kier alpha value is -2.68. The van der Waals surface area contributed by atoms with Gasteiger partial charge in [-0.2, -0.15) is 0 Å². The van der Waals surface area contributed by atoms with Crippen LogP contribution in [0.3, 0.4) is 0 Å². The number of aromatic hydroxyl groups is 1. The van der Waals surface area contributed by atoms with Crippen LogP contribution in [-0.2, 0) is 20.8 Å². The first-order valence-electron chi connectivity index (χ1n) is 13.3. The number of carbonyl (C=O) groups excluding carboxylic acids is 2. The van der Waals surface area contributed by atoms with E-state index in [1.165, 1.54) is 16.0 Å². The third-order valence-corrected chi connectivity index (χ3v) is 9.00. The van der Waals surface area contributed by atoms with Gasteiger partial charge >= 0.3 is 7.12 Å². The van der Waals surface area contributed by atoms with E-state index in [0.717, 1.165) is 35.3 Å². The minimum atomic E-state index is -0.954. The number of amides is 2. The predicted octanol–water partition coefficient (Wildman–Crippen LogP) is 5.43. The van der Waals surface area contributed by atoms with Gasteiger partial charge in [0.1, 0.15) is 5.75 Å². The van der Waals surface area contributed by atoms with Crippen LogP contribution < -0.4 is 0 Å². The van der Waals surface area contributed by atoms with Crippen LogP contribution in [-0.4, -0.2) is 40.1 Å². The number of hydrogen-bond donors (Lipinski definition) is 2. The van der Waals surface area contributed by atoms with Crippen LogP contribution in [0, 0.1) is 17.8 Å². The van der Waals surface area contributed by atoms with Crippen LogP contribution in [0.1, 0.15) is 56.4 Å². The third kappa shape index (κ3) is 5.20. The molecule has 0 unspecified atom stereocenters. The van der Waals surface area contributed by atoms with Crippen LogP contribution in [0.5, 0.6) is 5.75 Å². The highest BCUT2D eigenvalue weighted by Crippen LogP contribution is 2.51. The number of nitrogens with zero attached hydrogens (tertiary/aromatic N) is 1. The topological polar surface area (TPSA) is 87.1 Å². The molecular formula is C29H34BNO5S. The first-order chi connectivity index (χ1) is 17.9. The fraction of sp³-hybridized carbons (Fsp3) is 0.448. The summed E-state index contributed by atoms with van der Waals surface area (Å²) in [6.45, 7) is 4.54. The van der Waals surface area contributed by atoms with Gasteiger partial charge in [0.25, 0.3) is 0 Å². The van der Waals surface area contributed by atoms with Crippen molar-refractivity contribution in [2.24, 2.45) is 17.8 Å². The molecule has 3 heterocycles. The van der Waals surface area contributed by atoms with Crippen molar-refractivity contribution in [3.63, 3.8) is 0 Å². The van der Waals surface area contributed by atoms with E-state index in [4.69, 9.17) is 4.65 Å². The van der Waals surface area contributed by atoms with E-state index >= 15 is 0 Å². The molecule has 0 saturated carbocycles. The SMILES string of the molecule is CCC1=C2[C@@H](CC/C(=C/c3cccc(O)c3)CC)OB(O)C[C@@H]2[C@@H]2C(=O)N(Cc3cccs3)C(=O)[C@@H]2C1. The molecule has 0 bridgehead atoms. The smallest absolute Gasteiger partial charge is 0.455 e. The Morgan fingerprint density at radius 2 is 2.03 bits per heavy atom. The first kappa shape index (κ1) is 26.0. The predicted molar refractivity (Wildman–Crippen MR) is 146 cm³/mol. The normalized spacial score (nSPS) is 26.1. The number of thiophene rings is 1. The third-order valence-electron chi connectivity index (χ3n) is 8.14. The molecule has 1 aliphatic carbocycles. The van der Waals surface area contributed by atoms with E-state index in [-0.39, 0.29) is 35.5 Å². The second-order valence-electron chi connectivity index (χ2n) is 10.3. The van der Waals surface area contributed by atoms with Crippen LogP contribution in [0.2, 0.25) is 6.32 Å². The van der Waals surface area contributed by atoms with Gasteiger partial charge in [0, 0.05) is 4.88 Å². The molecule has 1 aromatic heterocycles. The molecule has 4 atom stereocenters. The summed E-state index contributed by atoms with van der Waals surface area (Å²) in [5.41, 5.74) is 4.53. The summed E-state index contributed by atoms with van der Waals surface area (Å²) in [4.78, 5) is 29.5. The number of imide groups is 1. The molecular weight excluding hydrogens is 485 g/mol. The zero-order valence-corrected chi connectivity index (χ0v) is 22.2. The second-order valence-corrected chi connectivity index (χ2v) is 11.3. The Balaban J connectivity index is 1.39. The van der Waals surface area contributed by atoms with Gasteiger partial charge in [0.15, 0.2) is 0 Å². The summed E-state index contributed by atoms with van der Waals surface area (Å²) in [5, 5.41) is 22.5. The maximum absolute atomic E-state index is 13.6. The molecule has 2 aromatic rings. The molecule has 2 aliphatic heterocycles. The molecule has 0 spiro atoms. The fourth-order valence-corrected chi connectivity index (χ4v) is 7.09. The second kappa shape index (κ2) is 11.0. The lowest BCUT2D eigenvalue weighted by molar-refractivity contribution is -0.140. The van der Waals surface area contributed by atoms with Gasteiger partial charge in [0.2, 0.25) is 11.8 Å². The van der Waals surface area contributed by atoms with Gasteiger partial charge in [-0.3, -0.25) is 14.5 Å². The number of phenolic OH excluding ortho intramolecular Hbond substituents is 1. The van der Waals surface area contributed by atoms with E-state index in [9.17, 15) is 19.7 Å². The van der Waals surface area contributed by atoms with E-state index in [1.54, 1.807) is 23.5 Å². The lowest BCUT2D eigenvalue weighted by Crippen LogP contribution is -2.46. The average Bonchev–Trinajstić information content (AvgIpc) is 3.48. The molecule has 2 amide bonds. The maximum Gasteiger partial charge on any atom is 0.455 e. The highest BCUT2D eigenvalue weighted by molar-refractivity contribution is 7.09. The highest BCUT2D eigenvalue weighted by Gasteiger charge is 2.57. The summed E-state index contributed by atoms with van der Waals surface area (Å²) in [6.07, 6.45) is 5.91. The van der Waals surface area contributed by atoms with Crippen molar-refractivity contribution in [2.75, 3.05) is 0 Å². The molecule has 194 valence electrons. The lowest BCUT2D eigenvalue weighted by atomic mass is 9.58. The summed E-state index contributed by atoms with van der Waals surface area (Å²) >= 11 is 1.55. The molecule has 6 nitrogen and oxygen atoms in total. The minimum Gasteiger partial charge on any atom is -0.508 e. The standard InChI is InChI=1S/C29H34BNO5S/c1-3-18(13-19-7-5-8-21(32)14-19)10-11-25-26-20(4-2)15-23-27(24(26)16-30(35)36-25)29(34)31(28(23)33)17-22-9-6-12-37-22/h5-9,12-14,23-25,27,32,35H,3-4,10-11,15-17H2,1-2H3/b18-13+/t23-,24+,25-,27-/m1/s1. The number of benzene rings is 1. The van der Waals surface area contributed by atoms with Crippen molar-refractivity contribution in [2.45, 2.75) is 64.9 Å². The van der Waals surface area contributed by atoms with Crippen molar-refractivity contribution in [3.05, 3.63) is 68.9 Å². The van der Waals surface area contributed by atoms with Gasteiger partial charge in [-0.15, -0.1) is 11.3 Å². The Kier molecular flexibility index (Phi) is 7.70. The van der Waals surface area contributed by atoms with E-state index in [1.807, 2.05) is 29.6 Å². The molecule has 5 rings (SSSR count). The summed E-state index contributed by atoms with van der Waals surface area (Å²) in [5.74, 6) is -0.886. The van der Waals surface area contributed by atoms with E-state index in [0.29, 0.717) is 25.7 Å². The summed E-state index contributed by atoms with van der Waals surface area (Å²) in [6, 6.07) is 11.1. The van der Waals surface area contributed by atoms with Gasteiger partial charge < -0.3 is 14.8 Å². The largest absolute Gasteiger partial charge is 0.508 e. The number of phenols is 1. The van der Waals surface area contributed by atoms with E-state index < -0.39 is 13.0 Å². The molecule has 2 fully saturated rings. The zero-order chi connectivity index (χ0) is 26.1. The Morgan fingerprint density at radius 1 is 1.19 bits per heavy atom. The molecule has 2 saturated heterocycles. The maximum atomic E-state index is 13.6.